The fourth-order valence-corrected chi connectivity index (χ4v) is 4.25. The Morgan fingerprint density at radius 3 is 2.60 bits per heavy atom. The molecule has 2 aliphatic heterocycles. The summed E-state index contributed by atoms with van der Waals surface area (Å²) < 4.78 is 16.4. The Bertz CT molecular complexity index is 935. The van der Waals surface area contributed by atoms with Crippen molar-refractivity contribution in [3.05, 3.63) is 64.7 Å². The first-order chi connectivity index (χ1) is 14.6. The van der Waals surface area contributed by atoms with Crippen molar-refractivity contribution in [3.63, 3.8) is 0 Å². The van der Waals surface area contributed by atoms with E-state index in [1.54, 1.807) is 12.1 Å². The number of ether oxygens (including phenoxy) is 3. The third kappa shape index (κ3) is 4.05. The molecule has 0 radical (unpaired) electrons. The van der Waals surface area contributed by atoms with Crippen LogP contribution in [0.15, 0.2) is 42.5 Å². The summed E-state index contributed by atoms with van der Waals surface area (Å²) in [5.74, 6) is 0.316. The lowest BCUT2D eigenvalue weighted by Gasteiger charge is -2.34. The standard InChI is InChI=1S/C24H27NO5/c1-16-5-3-4-6-20(16)21-15-30-22-13-18(24(27)28-2)7-8-19(22)14-25(21)23(26)17-9-11-29-12-10-17/h3-8,13,17,21H,9-12,14-15H2,1-2H3/t21-/m1/s1. The zero-order valence-electron chi connectivity index (χ0n) is 17.4. The van der Waals surface area contributed by atoms with Crippen LogP contribution in [0.5, 0.6) is 5.75 Å². The number of amides is 1. The molecular formula is C24H27NO5. The van der Waals surface area contributed by atoms with Crippen molar-refractivity contribution >= 4 is 11.9 Å². The van der Waals surface area contributed by atoms with Gasteiger partial charge in [-0.2, -0.15) is 0 Å². The molecule has 2 heterocycles. The van der Waals surface area contributed by atoms with Crippen LogP contribution in [0.3, 0.4) is 0 Å². The van der Waals surface area contributed by atoms with Crippen molar-refractivity contribution in [2.45, 2.75) is 32.4 Å². The average Bonchev–Trinajstić information content (AvgIpc) is 2.98. The molecule has 6 heteroatoms. The Balaban J connectivity index is 1.71. The van der Waals surface area contributed by atoms with Crippen molar-refractivity contribution in [2.24, 2.45) is 5.92 Å². The van der Waals surface area contributed by atoms with Crippen molar-refractivity contribution in [3.8, 4) is 5.75 Å². The second-order valence-electron chi connectivity index (χ2n) is 7.85. The first kappa shape index (κ1) is 20.4. The number of rotatable bonds is 3. The van der Waals surface area contributed by atoms with Crippen LogP contribution in [-0.2, 0) is 20.8 Å². The first-order valence-corrected chi connectivity index (χ1v) is 10.4. The molecule has 1 fully saturated rings. The first-order valence-electron chi connectivity index (χ1n) is 10.4. The molecular weight excluding hydrogens is 382 g/mol. The number of carbonyl (C=O) groups is 2. The smallest absolute Gasteiger partial charge is 0.337 e. The molecule has 1 amide bonds. The van der Waals surface area contributed by atoms with Gasteiger partial charge < -0.3 is 19.1 Å². The third-order valence-corrected chi connectivity index (χ3v) is 6.00. The van der Waals surface area contributed by atoms with Crippen LogP contribution in [0.4, 0.5) is 0 Å². The molecule has 0 saturated carbocycles. The summed E-state index contributed by atoms with van der Waals surface area (Å²) >= 11 is 0. The molecule has 0 aliphatic carbocycles. The number of fused-ring (bicyclic) bond motifs is 1. The summed E-state index contributed by atoms with van der Waals surface area (Å²) in [6.07, 6.45) is 1.48. The maximum atomic E-state index is 13.6. The van der Waals surface area contributed by atoms with E-state index in [1.165, 1.54) is 7.11 Å². The molecule has 1 saturated heterocycles. The Morgan fingerprint density at radius 1 is 1.10 bits per heavy atom. The second kappa shape index (κ2) is 8.88. The molecule has 2 aliphatic rings. The van der Waals surface area contributed by atoms with Crippen LogP contribution in [0.1, 0.15) is 45.9 Å². The fourth-order valence-electron chi connectivity index (χ4n) is 4.25. The molecule has 0 spiro atoms. The SMILES string of the molecule is COC(=O)c1ccc2c(c1)OC[C@H](c1ccccc1C)N(C(=O)C1CCOCC1)C2. The van der Waals surface area contributed by atoms with Gasteiger partial charge in [-0.05, 0) is 43.0 Å². The lowest BCUT2D eigenvalue weighted by atomic mass is 9.94. The highest BCUT2D eigenvalue weighted by atomic mass is 16.5. The van der Waals surface area contributed by atoms with Crippen LogP contribution in [-0.4, -0.2) is 43.7 Å². The summed E-state index contributed by atoms with van der Waals surface area (Å²) in [7, 11) is 1.36. The highest BCUT2D eigenvalue weighted by Crippen LogP contribution is 2.35. The van der Waals surface area contributed by atoms with E-state index in [4.69, 9.17) is 14.2 Å². The largest absolute Gasteiger partial charge is 0.491 e. The zero-order chi connectivity index (χ0) is 21.1. The molecule has 1 atom stereocenters. The minimum Gasteiger partial charge on any atom is -0.491 e. The number of esters is 1. The van der Waals surface area contributed by atoms with Gasteiger partial charge in [0.15, 0.2) is 0 Å². The van der Waals surface area contributed by atoms with Gasteiger partial charge in [0.1, 0.15) is 12.4 Å². The maximum Gasteiger partial charge on any atom is 0.337 e. The van der Waals surface area contributed by atoms with Gasteiger partial charge in [-0.15, -0.1) is 0 Å². The van der Waals surface area contributed by atoms with Gasteiger partial charge in [0.05, 0.1) is 25.3 Å². The molecule has 6 nitrogen and oxygen atoms in total. The van der Waals surface area contributed by atoms with E-state index in [9.17, 15) is 9.59 Å². The minimum absolute atomic E-state index is 0.0406. The van der Waals surface area contributed by atoms with Gasteiger partial charge in [0, 0.05) is 24.7 Å². The number of hydrogen-bond donors (Lipinski definition) is 0. The molecule has 4 rings (SSSR count). The molecule has 0 unspecified atom stereocenters. The van der Waals surface area contributed by atoms with Crippen LogP contribution in [0.2, 0.25) is 0 Å². The van der Waals surface area contributed by atoms with E-state index < -0.39 is 5.97 Å². The monoisotopic (exact) mass is 409 g/mol. The average molecular weight is 409 g/mol. The van der Waals surface area contributed by atoms with Crippen molar-refractivity contribution in [2.75, 3.05) is 26.9 Å². The highest BCUT2D eigenvalue weighted by molar-refractivity contribution is 5.90. The summed E-state index contributed by atoms with van der Waals surface area (Å²) in [6, 6.07) is 13.2. The summed E-state index contributed by atoms with van der Waals surface area (Å²) in [6.45, 7) is 4.06. The van der Waals surface area contributed by atoms with Gasteiger partial charge in [0.2, 0.25) is 5.91 Å². The summed E-state index contributed by atoms with van der Waals surface area (Å²) in [4.78, 5) is 27.5. The van der Waals surface area contributed by atoms with E-state index in [0.29, 0.717) is 37.7 Å². The Morgan fingerprint density at radius 2 is 1.87 bits per heavy atom. The Hall–Kier alpha value is -2.86. The minimum atomic E-state index is -0.406. The van der Waals surface area contributed by atoms with E-state index >= 15 is 0 Å². The lowest BCUT2D eigenvalue weighted by Crippen LogP contribution is -2.41. The third-order valence-electron chi connectivity index (χ3n) is 6.00. The van der Waals surface area contributed by atoms with E-state index in [2.05, 4.69) is 19.1 Å². The molecule has 0 aromatic heterocycles. The topological polar surface area (TPSA) is 65.1 Å². The predicted octanol–water partition coefficient (Wildman–Crippen LogP) is 3.67. The van der Waals surface area contributed by atoms with Gasteiger partial charge in [-0.25, -0.2) is 4.79 Å². The molecule has 0 N–H and O–H groups in total. The Labute approximate surface area is 176 Å². The number of hydrogen-bond acceptors (Lipinski definition) is 5. The van der Waals surface area contributed by atoms with Crippen LogP contribution >= 0.6 is 0 Å². The van der Waals surface area contributed by atoms with E-state index in [1.807, 2.05) is 23.1 Å². The lowest BCUT2D eigenvalue weighted by molar-refractivity contribution is -0.142. The van der Waals surface area contributed by atoms with Gasteiger partial charge in [0.25, 0.3) is 0 Å². The molecule has 0 bridgehead atoms. The number of benzene rings is 2. The fraction of sp³-hybridized carbons (Fsp3) is 0.417. The normalized spacial score (nSPS) is 19.4. The van der Waals surface area contributed by atoms with E-state index in [0.717, 1.165) is 29.5 Å². The molecule has 30 heavy (non-hydrogen) atoms. The Kier molecular flexibility index (Phi) is 6.04. The van der Waals surface area contributed by atoms with Crippen molar-refractivity contribution in [1.82, 2.24) is 4.90 Å². The number of nitrogens with zero attached hydrogens (tertiary/aromatic N) is 1. The quantitative estimate of drug-likeness (QED) is 0.724. The predicted molar refractivity (Wildman–Crippen MR) is 111 cm³/mol. The van der Waals surface area contributed by atoms with Gasteiger partial charge in [-0.3, -0.25) is 4.79 Å². The number of carbonyl (C=O) groups excluding carboxylic acids is 2. The second-order valence-corrected chi connectivity index (χ2v) is 7.85. The van der Waals surface area contributed by atoms with Gasteiger partial charge >= 0.3 is 5.97 Å². The van der Waals surface area contributed by atoms with Crippen molar-refractivity contribution in [1.29, 1.82) is 0 Å². The van der Waals surface area contributed by atoms with Crippen molar-refractivity contribution < 1.29 is 23.8 Å². The summed E-state index contributed by atoms with van der Waals surface area (Å²) in [5, 5.41) is 0. The molecule has 2 aromatic rings. The zero-order valence-corrected chi connectivity index (χ0v) is 17.4. The highest BCUT2D eigenvalue weighted by Gasteiger charge is 2.35. The van der Waals surface area contributed by atoms with E-state index in [-0.39, 0.29) is 17.9 Å². The van der Waals surface area contributed by atoms with Gasteiger partial charge in [-0.1, -0.05) is 30.3 Å². The van der Waals surface area contributed by atoms with Crippen LogP contribution < -0.4 is 4.74 Å². The maximum absolute atomic E-state index is 13.6. The summed E-state index contributed by atoms with van der Waals surface area (Å²) in [5.41, 5.74) is 3.53. The number of aryl methyl sites for hydroxylation is 1. The number of methoxy groups -OCH3 is 1. The van der Waals surface area contributed by atoms with Crippen LogP contribution in [0.25, 0.3) is 0 Å². The molecule has 158 valence electrons. The van der Waals surface area contributed by atoms with Crippen LogP contribution in [0, 0.1) is 12.8 Å². The molecule has 2 aromatic carbocycles.